The quantitative estimate of drug-likeness (QED) is 0.937. The molecule has 0 radical (unpaired) electrons. The summed E-state index contributed by atoms with van der Waals surface area (Å²) in [5.74, 6) is 3.25. The zero-order valence-electron chi connectivity index (χ0n) is 14.8. The Bertz CT molecular complexity index is 750. The number of hydrogen-bond donors (Lipinski definition) is 1. The molecule has 5 heteroatoms. The van der Waals surface area contributed by atoms with Crippen molar-refractivity contribution in [2.24, 2.45) is 0 Å². The monoisotopic (exact) mass is 326 g/mol. The van der Waals surface area contributed by atoms with Crippen molar-refractivity contribution in [2.45, 2.75) is 71.2 Å². The van der Waals surface area contributed by atoms with E-state index in [9.17, 15) is 0 Å². The second-order valence-electron chi connectivity index (χ2n) is 7.63. The smallest absolute Gasteiger partial charge is 0.149 e. The number of para-hydroxylation sites is 1. The van der Waals surface area contributed by atoms with Gasteiger partial charge in [-0.3, -0.25) is 0 Å². The Morgan fingerprint density at radius 1 is 1.29 bits per heavy atom. The minimum absolute atomic E-state index is 0.101. The Morgan fingerprint density at radius 3 is 3.04 bits per heavy atom. The molecule has 0 aliphatic carbocycles. The summed E-state index contributed by atoms with van der Waals surface area (Å²) in [6, 6.07) is 6.63. The lowest BCUT2D eigenvalue weighted by Gasteiger charge is -2.20. The Balaban J connectivity index is 1.48. The van der Waals surface area contributed by atoms with Gasteiger partial charge in [0.05, 0.1) is 6.04 Å². The normalized spacial score (nSPS) is 19.5. The van der Waals surface area contributed by atoms with Gasteiger partial charge in [-0.15, -0.1) is 10.2 Å². The summed E-state index contributed by atoms with van der Waals surface area (Å²) >= 11 is 0. The van der Waals surface area contributed by atoms with Gasteiger partial charge in [0.25, 0.3) is 0 Å². The minimum Gasteiger partial charge on any atom is -0.487 e. The standard InChI is InChI=1S/C19H26N4O/c1-13(18-22-21-16-9-4-5-10-23(16)18)20-12-15-8-6-7-14-11-19(2,3)24-17(14)15/h6-8,13,20H,4-5,9-12H2,1-3H3/t13-/m0/s1. The molecule has 1 aromatic heterocycles. The van der Waals surface area contributed by atoms with Crippen molar-refractivity contribution in [3.8, 4) is 5.75 Å². The number of benzene rings is 1. The summed E-state index contributed by atoms with van der Waals surface area (Å²) in [5, 5.41) is 12.4. The third kappa shape index (κ3) is 2.81. The van der Waals surface area contributed by atoms with E-state index < -0.39 is 0 Å². The number of aromatic nitrogens is 3. The molecule has 1 N–H and O–H groups in total. The number of hydrogen-bond acceptors (Lipinski definition) is 4. The van der Waals surface area contributed by atoms with Crippen molar-refractivity contribution >= 4 is 0 Å². The van der Waals surface area contributed by atoms with Crippen molar-refractivity contribution in [1.29, 1.82) is 0 Å². The van der Waals surface area contributed by atoms with Gasteiger partial charge in [0, 0.05) is 31.5 Å². The lowest BCUT2D eigenvalue weighted by Crippen LogP contribution is -2.26. The van der Waals surface area contributed by atoms with Crippen molar-refractivity contribution in [3.05, 3.63) is 41.0 Å². The topological polar surface area (TPSA) is 52.0 Å². The van der Waals surface area contributed by atoms with E-state index in [2.05, 4.69) is 59.1 Å². The Labute approximate surface area is 143 Å². The molecule has 24 heavy (non-hydrogen) atoms. The zero-order chi connectivity index (χ0) is 16.7. The molecule has 4 rings (SSSR count). The molecule has 2 aliphatic rings. The Kier molecular flexibility index (Phi) is 3.83. The van der Waals surface area contributed by atoms with Crippen molar-refractivity contribution in [3.63, 3.8) is 0 Å². The van der Waals surface area contributed by atoms with Crippen LogP contribution in [0, 0.1) is 0 Å². The van der Waals surface area contributed by atoms with Gasteiger partial charge >= 0.3 is 0 Å². The average Bonchev–Trinajstić information content (AvgIpc) is 3.11. The van der Waals surface area contributed by atoms with Gasteiger partial charge in [-0.25, -0.2) is 0 Å². The highest BCUT2D eigenvalue weighted by Gasteiger charge is 2.31. The second-order valence-corrected chi connectivity index (χ2v) is 7.63. The predicted octanol–water partition coefficient (Wildman–Crippen LogP) is 3.18. The molecule has 0 amide bonds. The van der Waals surface area contributed by atoms with Gasteiger partial charge in [0.15, 0.2) is 0 Å². The molecule has 0 bridgehead atoms. The summed E-state index contributed by atoms with van der Waals surface area (Å²) < 4.78 is 8.45. The van der Waals surface area contributed by atoms with Gasteiger partial charge in [-0.2, -0.15) is 0 Å². The number of nitrogens with one attached hydrogen (secondary N) is 1. The van der Waals surface area contributed by atoms with Gasteiger partial charge < -0.3 is 14.6 Å². The number of nitrogens with zero attached hydrogens (tertiary/aromatic N) is 3. The van der Waals surface area contributed by atoms with E-state index in [4.69, 9.17) is 4.74 Å². The van der Waals surface area contributed by atoms with E-state index in [1.54, 1.807) is 0 Å². The molecule has 128 valence electrons. The molecule has 1 atom stereocenters. The summed E-state index contributed by atoms with van der Waals surface area (Å²) in [6.45, 7) is 8.29. The maximum absolute atomic E-state index is 6.17. The molecule has 0 saturated carbocycles. The van der Waals surface area contributed by atoms with Gasteiger partial charge in [-0.1, -0.05) is 18.2 Å². The van der Waals surface area contributed by atoms with Crippen molar-refractivity contribution in [2.75, 3.05) is 0 Å². The van der Waals surface area contributed by atoms with Crippen molar-refractivity contribution < 1.29 is 4.74 Å². The third-order valence-electron chi connectivity index (χ3n) is 5.05. The van der Waals surface area contributed by atoms with Gasteiger partial charge in [0.1, 0.15) is 23.0 Å². The van der Waals surface area contributed by atoms with Crippen LogP contribution in [-0.2, 0) is 25.9 Å². The largest absolute Gasteiger partial charge is 0.487 e. The molecule has 0 spiro atoms. The van der Waals surface area contributed by atoms with E-state index in [1.165, 1.54) is 24.0 Å². The maximum atomic E-state index is 6.17. The highest BCUT2D eigenvalue weighted by Crippen LogP contribution is 2.37. The molecule has 0 saturated heterocycles. The molecule has 2 aromatic rings. The first-order chi connectivity index (χ1) is 11.5. The first-order valence-corrected chi connectivity index (χ1v) is 8.99. The summed E-state index contributed by atoms with van der Waals surface area (Å²) in [5.41, 5.74) is 2.44. The fraction of sp³-hybridized carbons (Fsp3) is 0.579. The molecular formula is C19H26N4O. The number of ether oxygens (including phenoxy) is 1. The fourth-order valence-electron chi connectivity index (χ4n) is 3.82. The molecule has 0 fully saturated rings. The van der Waals surface area contributed by atoms with Crippen LogP contribution in [0.3, 0.4) is 0 Å². The van der Waals surface area contributed by atoms with E-state index >= 15 is 0 Å². The predicted molar refractivity (Wildman–Crippen MR) is 93.1 cm³/mol. The van der Waals surface area contributed by atoms with Crippen LogP contribution in [0.5, 0.6) is 5.75 Å². The summed E-state index contributed by atoms with van der Waals surface area (Å²) in [7, 11) is 0. The first kappa shape index (κ1) is 15.6. The molecule has 1 aromatic carbocycles. The van der Waals surface area contributed by atoms with Crippen LogP contribution in [0.25, 0.3) is 0 Å². The molecule has 0 unspecified atom stereocenters. The highest BCUT2D eigenvalue weighted by molar-refractivity contribution is 5.45. The molecule has 5 nitrogen and oxygen atoms in total. The fourth-order valence-corrected chi connectivity index (χ4v) is 3.82. The maximum Gasteiger partial charge on any atom is 0.149 e. The Hall–Kier alpha value is -1.88. The van der Waals surface area contributed by atoms with Crippen LogP contribution in [0.1, 0.15) is 62.4 Å². The SMILES string of the molecule is C[C@H](NCc1cccc2c1OC(C)(C)C2)c1nnc2n1CCCC2. The number of aryl methyl sites for hydroxylation is 1. The van der Waals surface area contributed by atoms with E-state index in [-0.39, 0.29) is 11.6 Å². The van der Waals surface area contributed by atoms with Crippen LogP contribution in [0.15, 0.2) is 18.2 Å². The van der Waals surface area contributed by atoms with E-state index in [0.29, 0.717) is 0 Å². The van der Waals surface area contributed by atoms with E-state index in [0.717, 1.165) is 43.3 Å². The minimum atomic E-state index is -0.101. The summed E-state index contributed by atoms with van der Waals surface area (Å²) in [6.07, 6.45) is 4.47. The lowest BCUT2D eigenvalue weighted by molar-refractivity contribution is 0.137. The molecular weight excluding hydrogens is 300 g/mol. The van der Waals surface area contributed by atoms with Crippen molar-refractivity contribution in [1.82, 2.24) is 20.1 Å². The second kappa shape index (κ2) is 5.88. The van der Waals surface area contributed by atoms with Crippen LogP contribution < -0.4 is 10.1 Å². The third-order valence-corrected chi connectivity index (χ3v) is 5.05. The summed E-state index contributed by atoms with van der Waals surface area (Å²) in [4.78, 5) is 0. The van der Waals surface area contributed by atoms with Gasteiger partial charge in [0.2, 0.25) is 0 Å². The average molecular weight is 326 g/mol. The zero-order valence-corrected chi connectivity index (χ0v) is 14.8. The first-order valence-electron chi connectivity index (χ1n) is 8.99. The van der Waals surface area contributed by atoms with Crippen LogP contribution in [0.4, 0.5) is 0 Å². The van der Waals surface area contributed by atoms with Crippen LogP contribution >= 0.6 is 0 Å². The van der Waals surface area contributed by atoms with E-state index in [1.807, 2.05) is 0 Å². The Morgan fingerprint density at radius 2 is 2.17 bits per heavy atom. The van der Waals surface area contributed by atoms with Crippen LogP contribution in [0.2, 0.25) is 0 Å². The number of fused-ring (bicyclic) bond motifs is 2. The highest BCUT2D eigenvalue weighted by atomic mass is 16.5. The number of rotatable bonds is 4. The lowest BCUT2D eigenvalue weighted by atomic mass is 10.0. The van der Waals surface area contributed by atoms with Gasteiger partial charge in [-0.05, 0) is 39.2 Å². The molecule has 3 heterocycles. The van der Waals surface area contributed by atoms with Crippen LogP contribution in [-0.4, -0.2) is 20.4 Å². The molecule has 2 aliphatic heterocycles.